The summed E-state index contributed by atoms with van der Waals surface area (Å²) in [5.41, 5.74) is 2.73. The third kappa shape index (κ3) is 5.93. The Morgan fingerprint density at radius 1 is 1.35 bits per heavy atom. The maximum absolute atomic E-state index is 12.4. The van der Waals surface area contributed by atoms with Crippen LogP contribution in [0.2, 0.25) is 0 Å². The molecule has 0 bridgehead atoms. The van der Waals surface area contributed by atoms with Crippen LogP contribution < -0.4 is 5.32 Å². The van der Waals surface area contributed by atoms with Gasteiger partial charge in [-0.25, -0.2) is 14.8 Å². The lowest BCUT2D eigenvalue weighted by molar-refractivity contribution is -0.145. The summed E-state index contributed by atoms with van der Waals surface area (Å²) < 4.78 is 5.22. The van der Waals surface area contributed by atoms with Crippen molar-refractivity contribution in [2.45, 2.75) is 26.3 Å². The van der Waals surface area contributed by atoms with Crippen LogP contribution in [0.4, 0.5) is 0 Å². The van der Waals surface area contributed by atoms with Crippen LogP contribution in [-0.2, 0) is 9.53 Å². The van der Waals surface area contributed by atoms with Crippen molar-refractivity contribution >= 4 is 47.2 Å². The molecule has 1 atom stereocenters. The minimum atomic E-state index is -0.731. The molecule has 26 heavy (non-hydrogen) atoms. The third-order valence-corrected chi connectivity index (χ3v) is 5.09. The molecule has 0 aliphatic heterocycles. The Hall–Kier alpha value is -1.71. The second-order valence-electron chi connectivity index (χ2n) is 5.72. The second-order valence-corrected chi connectivity index (χ2v) is 7.74. The van der Waals surface area contributed by atoms with Crippen LogP contribution in [0.3, 0.4) is 0 Å². The standard InChI is InChI=1S/C17H21N3O3S3/c1-11(2)14(17(22)23-6-4-3-5-7-24)20-15(21)12-9-26-16(19-12)13-8-25-10-18-13/h3-4,8-11,14,24H,5-7H2,1-2H3,(H,20,21). The predicted molar refractivity (Wildman–Crippen MR) is 108 cm³/mol. The summed E-state index contributed by atoms with van der Waals surface area (Å²) in [7, 11) is 0. The Balaban J connectivity index is 1.96. The van der Waals surface area contributed by atoms with Gasteiger partial charge in [0.1, 0.15) is 29.0 Å². The normalized spacial score (nSPS) is 12.5. The molecule has 140 valence electrons. The summed E-state index contributed by atoms with van der Waals surface area (Å²) in [5, 5.41) is 6.93. The van der Waals surface area contributed by atoms with Gasteiger partial charge in [0, 0.05) is 10.8 Å². The zero-order valence-corrected chi connectivity index (χ0v) is 17.1. The number of ether oxygens (including phenoxy) is 1. The molecule has 2 rings (SSSR count). The van der Waals surface area contributed by atoms with Gasteiger partial charge in [0.15, 0.2) is 0 Å². The number of rotatable bonds is 9. The lowest BCUT2D eigenvalue weighted by Crippen LogP contribution is -2.45. The quantitative estimate of drug-likeness (QED) is 0.375. The molecule has 2 aromatic rings. The fourth-order valence-corrected chi connectivity index (χ4v) is 3.53. The van der Waals surface area contributed by atoms with E-state index in [9.17, 15) is 9.59 Å². The highest BCUT2D eigenvalue weighted by Gasteiger charge is 2.27. The number of carbonyl (C=O) groups is 2. The molecule has 0 aromatic carbocycles. The zero-order chi connectivity index (χ0) is 18.9. The first-order valence-electron chi connectivity index (χ1n) is 8.10. The lowest BCUT2D eigenvalue weighted by atomic mass is 10.0. The Labute approximate surface area is 166 Å². The highest BCUT2D eigenvalue weighted by Crippen LogP contribution is 2.23. The predicted octanol–water partition coefficient (Wildman–Crippen LogP) is 3.44. The van der Waals surface area contributed by atoms with Crippen LogP contribution in [-0.4, -0.2) is 40.2 Å². The first-order valence-corrected chi connectivity index (χ1v) is 10.6. The van der Waals surface area contributed by atoms with Crippen molar-refractivity contribution in [1.29, 1.82) is 0 Å². The summed E-state index contributed by atoms with van der Waals surface area (Å²) in [5.74, 6) is -0.224. The van der Waals surface area contributed by atoms with Crippen molar-refractivity contribution in [3.05, 3.63) is 34.1 Å². The number of thiazole rings is 2. The number of nitrogens with one attached hydrogen (secondary N) is 1. The summed E-state index contributed by atoms with van der Waals surface area (Å²) in [4.78, 5) is 33.2. The van der Waals surface area contributed by atoms with Gasteiger partial charge in [0.2, 0.25) is 0 Å². The van der Waals surface area contributed by atoms with Gasteiger partial charge in [-0.15, -0.1) is 22.7 Å². The summed E-state index contributed by atoms with van der Waals surface area (Å²) in [6, 6.07) is -0.731. The van der Waals surface area contributed by atoms with Crippen molar-refractivity contribution in [2.24, 2.45) is 5.92 Å². The summed E-state index contributed by atoms with van der Waals surface area (Å²) in [6.45, 7) is 3.88. The van der Waals surface area contributed by atoms with Crippen LogP contribution in [0.25, 0.3) is 10.7 Å². The number of esters is 1. The highest BCUT2D eigenvalue weighted by molar-refractivity contribution is 7.80. The monoisotopic (exact) mass is 411 g/mol. The molecule has 2 aromatic heterocycles. The SMILES string of the molecule is CC(C)C(NC(=O)c1csc(-c2cscn2)n1)C(=O)OCC=CCCS. The van der Waals surface area contributed by atoms with Gasteiger partial charge < -0.3 is 10.1 Å². The van der Waals surface area contributed by atoms with Gasteiger partial charge in [-0.1, -0.05) is 26.0 Å². The molecule has 1 unspecified atom stereocenters. The van der Waals surface area contributed by atoms with Crippen molar-refractivity contribution in [3.63, 3.8) is 0 Å². The summed E-state index contributed by atoms with van der Waals surface area (Å²) in [6.07, 6.45) is 4.49. The van der Waals surface area contributed by atoms with Gasteiger partial charge in [0.25, 0.3) is 5.91 Å². The van der Waals surface area contributed by atoms with Crippen LogP contribution in [0.5, 0.6) is 0 Å². The number of hydrogen-bond acceptors (Lipinski definition) is 8. The number of carbonyl (C=O) groups excluding carboxylic acids is 2. The number of thiol groups is 1. The lowest BCUT2D eigenvalue weighted by Gasteiger charge is -2.20. The largest absolute Gasteiger partial charge is 0.460 e. The van der Waals surface area contributed by atoms with E-state index in [0.29, 0.717) is 5.01 Å². The second kappa shape index (κ2) is 10.4. The van der Waals surface area contributed by atoms with E-state index < -0.39 is 17.9 Å². The minimum absolute atomic E-state index is 0.107. The fourth-order valence-electron chi connectivity index (χ4n) is 2.01. The fraction of sp³-hybridized carbons (Fsp3) is 0.412. The molecule has 0 aliphatic rings. The van der Waals surface area contributed by atoms with E-state index in [0.717, 1.165) is 17.9 Å². The smallest absolute Gasteiger partial charge is 0.329 e. The zero-order valence-electron chi connectivity index (χ0n) is 14.5. The molecule has 0 saturated heterocycles. The number of aromatic nitrogens is 2. The van der Waals surface area contributed by atoms with Crippen molar-refractivity contribution in [2.75, 3.05) is 12.4 Å². The van der Waals surface area contributed by atoms with Crippen molar-refractivity contribution in [1.82, 2.24) is 15.3 Å². The Morgan fingerprint density at radius 2 is 2.15 bits per heavy atom. The Morgan fingerprint density at radius 3 is 2.81 bits per heavy atom. The van der Waals surface area contributed by atoms with E-state index in [-0.39, 0.29) is 18.2 Å². The van der Waals surface area contributed by atoms with Crippen LogP contribution in [0.15, 0.2) is 28.4 Å². The van der Waals surface area contributed by atoms with Crippen LogP contribution in [0.1, 0.15) is 30.8 Å². The van der Waals surface area contributed by atoms with Gasteiger partial charge in [0.05, 0.1) is 5.51 Å². The molecule has 1 amide bonds. The van der Waals surface area contributed by atoms with Gasteiger partial charge in [-0.05, 0) is 18.1 Å². The first kappa shape index (κ1) is 20.6. The topological polar surface area (TPSA) is 81.2 Å². The molecule has 9 heteroatoms. The molecule has 0 saturated carbocycles. The van der Waals surface area contributed by atoms with E-state index in [4.69, 9.17) is 4.74 Å². The summed E-state index contributed by atoms with van der Waals surface area (Å²) >= 11 is 6.91. The molecule has 0 spiro atoms. The third-order valence-electron chi connectivity index (χ3n) is 3.38. The van der Waals surface area contributed by atoms with Gasteiger partial charge in [-0.2, -0.15) is 12.6 Å². The maximum Gasteiger partial charge on any atom is 0.329 e. The highest BCUT2D eigenvalue weighted by atomic mass is 32.1. The van der Waals surface area contributed by atoms with Crippen LogP contribution >= 0.6 is 35.3 Å². The van der Waals surface area contributed by atoms with Gasteiger partial charge >= 0.3 is 5.97 Å². The van der Waals surface area contributed by atoms with Crippen molar-refractivity contribution < 1.29 is 14.3 Å². The molecule has 0 aliphatic carbocycles. The average molecular weight is 412 g/mol. The Kier molecular flexibility index (Phi) is 8.27. The van der Waals surface area contributed by atoms with E-state index in [1.54, 1.807) is 17.0 Å². The number of nitrogens with zero attached hydrogens (tertiary/aromatic N) is 2. The molecule has 2 heterocycles. The number of amides is 1. The molecular weight excluding hydrogens is 390 g/mol. The van der Waals surface area contributed by atoms with Crippen LogP contribution in [0, 0.1) is 5.92 Å². The van der Waals surface area contributed by atoms with Gasteiger partial charge in [-0.3, -0.25) is 4.79 Å². The van der Waals surface area contributed by atoms with E-state index >= 15 is 0 Å². The maximum atomic E-state index is 12.4. The van der Waals surface area contributed by atoms with E-state index in [2.05, 4.69) is 27.9 Å². The molecule has 0 radical (unpaired) electrons. The minimum Gasteiger partial charge on any atom is -0.460 e. The molecular formula is C17H21N3O3S3. The average Bonchev–Trinajstić information content (AvgIpc) is 3.29. The molecule has 0 fully saturated rings. The van der Waals surface area contributed by atoms with E-state index in [1.807, 2.05) is 25.3 Å². The number of allylic oxidation sites excluding steroid dienone is 1. The first-order chi connectivity index (χ1) is 12.5. The number of hydrogen-bond donors (Lipinski definition) is 2. The van der Waals surface area contributed by atoms with Crippen molar-refractivity contribution in [3.8, 4) is 10.7 Å². The van der Waals surface area contributed by atoms with E-state index in [1.165, 1.54) is 22.7 Å². The molecule has 6 nitrogen and oxygen atoms in total. The molecule has 1 N–H and O–H groups in total. The Bertz CT molecular complexity index is 742.